The largest absolute Gasteiger partial charge is 0.497 e. The third kappa shape index (κ3) is 4.82. The van der Waals surface area contributed by atoms with Crippen molar-refractivity contribution in [2.24, 2.45) is 5.10 Å². The topological polar surface area (TPSA) is 79.8 Å². The fraction of sp³-hybridized carbons (Fsp3) is 0.118. The Labute approximate surface area is 144 Å². The second-order valence-electron chi connectivity index (χ2n) is 4.89. The van der Waals surface area contributed by atoms with Gasteiger partial charge in [0, 0.05) is 10.7 Å². The number of benzene rings is 2. The molecule has 0 spiro atoms. The fourth-order valence-electron chi connectivity index (χ4n) is 1.88. The minimum Gasteiger partial charge on any atom is -0.497 e. The number of amides is 2. The van der Waals surface area contributed by atoms with E-state index >= 15 is 0 Å². The summed E-state index contributed by atoms with van der Waals surface area (Å²) >= 11 is 5.84. The van der Waals surface area contributed by atoms with Crippen LogP contribution >= 0.6 is 11.6 Å². The Hall–Kier alpha value is -2.86. The average Bonchev–Trinajstić information content (AvgIpc) is 2.57. The molecule has 0 fully saturated rings. The Morgan fingerprint density at radius 1 is 1.17 bits per heavy atom. The van der Waals surface area contributed by atoms with Crippen LogP contribution in [0.5, 0.6) is 5.75 Å². The molecule has 0 aliphatic carbocycles. The van der Waals surface area contributed by atoms with Crippen molar-refractivity contribution in [3.05, 3.63) is 58.6 Å². The van der Waals surface area contributed by atoms with Crippen molar-refractivity contribution in [1.29, 1.82) is 0 Å². The van der Waals surface area contributed by atoms with Crippen LogP contribution in [0, 0.1) is 6.92 Å². The monoisotopic (exact) mass is 345 g/mol. The summed E-state index contributed by atoms with van der Waals surface area (Å²) in [6.45, 7) is 1.78. The van der Waals surface area contributed by atoms with Crippen molar-refractivity contribution in [3.63, 3.8) is 0 Å². The van der Waals surface area contributed by atoms with Crippen molar-refractivity contribution >= 4 is 35.3 Å². The molecule has 6 nitrogen and oxygen atoms in total. The van der Waals surface area contributed by atoms with Gasteiger partial charge >= 0.3 is 11.8 Å². The number of methoxy groups -OCH3 is 1. The fourth-order valence-corrected chi connectivity index (χ4v) is 2.11. The molecule has 0 aliphatic heterocycles. The summed E-state index contributed by atoms with van der Waals surface area (Å²) in [6.07, 6.45) is 1.42. The van der Waals surface area contributed by atoms with Gasteiger partial charge in [-0.15, -0.1) is 0 Å². The number of hydrogen-bond donors (Lipinski definition) is 2. The minimum absolute atomic E-state index is 0.510. The van der Waals surface area contributed by atoms with Crippen molar-refractivity contribution in [1.82, 2.24) is 5.43 Å². The van der Waals surface area contributed by atoms with Gasteiger partial charge in [0.15, 0.2) is 0 Å². The molecule has 0 bridgehead atoms. The number of halogens is 1. The van der Waals surface area contributed by atoms with Crippen LogP contribution in [-0.2, 0) is 9.59 Å². The van der Waals surface area contributed by atoms with Gasteiger partial charge in [-0.1, -0.05) is 23.7 Å². The lowest BCUT2D eigenvalue weighted by atomic mass is 10.2. The number of hydrazone groups is 1. The lowest BCUT2D eigenvalue weighted by Crippen LogP contribution is -2.32. The standard InChI is InChI=1S/C17H16ClN3O3/c1-11-8-13(18)6-7-15(11)20-16(22)17(23)21-19-10-12-4-3-5-14(9-12)24-2/h3-10H,1-2H3,(H,20,22)(H,21,23)/b19-10-. The van der Waals surface area contributed by atoms with Gasteiger partial charge in [0.2, 0.25) is 0 Å². The molecule has 2 aromatic carbocycles. The number of carbonyl (C=O) groups is 2. The van der Waals surface area contributed by atoms with E-state index in [0.29, 0.717) is 16.5 Å². The summed E-state index contributed by atoms with van der Waals surface area (Å²) in [6, 6.07) is 12.1. The molecule has 0 saturated heterocycles. The van der Waals surface area contributed by atoms with Crippen molar-refractivity contribution in [2.45, 2.75) is 6.92 Å². The number of nitrogens with one attached hydrogen (secondary N) is 2. The number of ether oxygens (including phenoxy) is 1. The molecule has 124 valence electrons. The van der Waals surface area contributed by atoms with Gasteiger partial charge in [-0.3, -0.25) is 9.59 Å². The molecule has 0 radical (unpaired) electrons. The van der Waals surface area contributed by atoms with E-state index in [-0.39, 0.29) is 0 Å². The molecule has 2 N–H and O–H groups in total. The van der Waals surface area contributed by atoms with Crippen molar-refractivity contribution < 1.29 is 14.3 Å². The third-order valence-electron chi connectivity index (χ3n) is 3.12. The maximum Gasteiger partial charge on any atom is 0.329 e. The molecular formula is C17H16ClN3O3. The lowest BCUT2D eigenvalue weighted by Gasteiger charge is -2.07. The Morgan fingerprint density at radius 3 is 2.67 bits per heavy atom. The Kier molecular flexibility index (Phi) is 5.92. The van der Waals surface area contributed by atoms with Crippen molar-refractivity contribution in [2.75, 3.05) is 12.4 Å². The van der Waals surface area contributed by atoms with Gasteiger partial charge in [-0.25, -0.2) is 5.43 Å². The van der Waals surface area contributed by atoms with Gasteiger partial charge in [0.25, 0.3) is 0 Å². The zero-order valence-electron chi connectivity index (χ0n) is 13.2. The molecule has 2 amide bonds. The van der Waals surface area contributed by atoms with Gasteiger partial charge in [0.1, 0.15) is 5.75 Å². The van der Waals surface area contributed by atoms with E-state index in [2.05, 4.69) is 15.8 Å². The smallest absolute Gasteiger partial charge is 0.329 e. The average molecular weight is 346 g/mol. The molecule has 0 unspecified atom stereocenters. The summed E-state index contributed by atoms with van der Waals surface area (Å²) in [5, 5.41) is 6.81. The number of anilines is 1. The minimum atomic E-state index is -0.872. The molecular weight excluding hydrogens is 330 g/mol. The zero-order valence-corrected chi connectivity index (χ0v) is 13.9. The number of nitrogens with zero attached hydrogens (tertiary/aromatic N) is 1. The van der Waals surface area contributed by atoms with Crippen molar-refractivity contribution in [3.8, 4) is 5.75 Å². The maximum absolute atomic E-state index is 11.8. The first-order chi connectivity index (χ1) is 11.5. The van der Waals surface area contributed by atoms with E-state index in [4.69, 9.17) is 16.3 Å². The highest BCUT2D eigenvalue weighted by atomic mass is 35.5. The van der Waals surface area contributed by atoms with Crippen LogP contribution < -0.4 is 15.5 Å². The summed E-state index contributed by atoms with van der Waals surface area (Å²) < 4.78 is 5.08. The van der Waals surface area contributed by atoms with E-state index in [1.807, 2.05) is 0 Å². The highest BCUT2D eigenvalue weighted by molar-refractivity contribution is 6.39. The number of hydrogen-bond acceptors (Lipinski definition) is 4. The maximum atomic E-state index is 11.8. The lowest BCUT2D eigenvalue weighted by molar-refractivity contribution is -0.136. The van der Waals surface area contributed by atoms with Crippen LogP contribution in [0.1, 0.15) is 11.1 Å². The number of rotatable bonds is 4. The van der Waals surface area contributed by atoms with E-state index in [1.165, 1.54) is 6.21 Å². The second-order valence-corrected chi connectivity index (χ2v) is 5.33. The Balaban J connectivity index is 1.93. The molecule has 0 aromatic heterocycles. The molecule has 24 heavy (non-hydrogen) atoms. The first-order valence-electron chi connectivity index (χ1n) is 7.04. The van der Waals surface area contributed by atoms with E-state index in [0.717, 1.165) is 11.1 Å². The van der Waals surface area contributed by atoms with Gasteiger partial charge < -0.3 is 10.1 Å². The molecule has 0 atom stereocenters. The Morgan fingerprint density at radius 2 is 1.96 bits per heavy atom. The van der Waals surface area contributed by atoms with Crippen LogP contribution in [0.4, 0.5) is 5.69 Å². The zero-order chi connectivity index (χ0) is 17.5. The quantitative estimate of drug-likeness (QED) is 0.508. The van der Waals surface area contributed by atoms with Crippen LogP contribution in [0.3, 0.4) is 0 Å². The SMILES string of the molecule is COc1cccc(/C=N\NC(=O)C(=O)Nc2ccc(Cl)cc2C)c1. The number of aryl methyl sites for hydroxylation is 1. The highest BCUT2D eigenvalue weighted by Gasteiger charge is 2.13. The van der Waals surface area contributed by atoms with E-state index < -0.39 is 11.8 Å². The summed E-state index contributed by atoms with van der Waals surface area (Å²) in [7, 11) is 1.56. The predicted octanol–water partition coefficient (Wildman–Crippen LogP) is 2.75. The van der Waals surface area contributed by atoms with Crippen LogP contribution in [-0.4, -0.2) is 25.1 Å². The second kappa shape index (κ2) is 8.12. The Bertz CT molecular complexity index is 790. The first-order valence-corrected chi connectivity index (χ1v) is 7.42. The van der Waals surface area contributed by atoms with Crippen LogP contribution in [0.15, 0.2) is 47.6 Å². The van der Waals surface area contributed by atoms with E-state index in [9.17, 15) is 9.59 Å². The summed E-state index contributed by atoms with van der Waals surface area (Å²) in [5.41, 5.74) is 4.16. The molecule has 7 heteroatoms. The molecule has 0 heterocycles. The normalized spacial score (nSPS) is 10.5. The molecule has 2 rings (SSSR count). The third-order valence-corrected chi connectivity index (χ3v) is 3.35. The van der Waals surface area contributed by atoms with Crippen LogP contribution in [0.25, 0.3) is 0 Å². The number of carbonyl (C=O) groups excluding carboxylic acids is 2. The van der Waals surface area contributed by atoms with E-state index in [1.54, 1.807) is 56.5 Å². The van der Waals surface area contributed by atoms with Crippen LogP contribution in [0.2, 0.25) is 5.02 Å². The highest BCUT2D eigenvalue weighted by Crippen LogP contribution is 2.19. The summed E-state index contributed by atoms with van der Waals surface area (Å²) in [5.74, 6) is -1.02. The molecule has 0 saturated carbocycles. The molecule has 2 aromatic rings. The first kappa shape index (κ1) is 17.5. The van der Waals surface area contributed by atoms with Gasteiger partial charge in [0.05, 0.1) is 13.3 Å². The predicted molar refractivity (Wildman–Crippen MR) is 93.5 cm³/mol. The van der Waals surface area contributed by atoms with Gasteiger partial charge in [-0.05, 0) is 48.4 Å². The molecule has 0 aliphatic rings. The van der Waals surface area contributed by atoms with Gasteiger partial charge in [-0.2, -0.15) is 5.10 Å². The summed E-state index contributed by atoms with van der Waals surface area (Å²) in [4.78, 5) is 23.6.